The first-order chi connectivity index (χ1) is 14.8. The summed E-state index contributed by atoms with van der Waals surface area (Å²) >= 11 is 0. The lowest BCUT2D eigenvalue weighted by molar-refractivity contribution is 0.584. The third-order valence-corrected chi connectivity index (χ3v) is 5.61. The van der Waals surface area contributed by atoms with Gasteiger partial charge < -0.3 is 8.98 Å². The molecule has 0 atom stereocenters. The van der Waals surface area contributed by atoms with Crippen molar-refractivity contribution in [3.63, 3.8) is 0 Å². The Kier molecular flexibility index (Phi) is 5.01. The summed E-state index contributed by atoms with van der Waals surface area (Å²) in [5, 5.41) is 11.1. The summed E-state index contributed by atoms with van der Waals surface area (Å²) < 4.78 is 8.41. The van der Waals surface area contributed by atoms with Crippen LogP contribution in [0.25, 0.3) is 44.7 Å². The van der Waals surface area contributed by atoms with Crippen LogP contribution in [0.2, 0.25) is 0 Å². The summed E-state index contributed by atoms with van der Waals surface area (Å²) in [7, 11) is 0. The second-order valence-corrected chi connectivity index (χ2v) is 7.61. The minimum absolute atomic E-state index is 0.507. The van der Waals surface area contributed by atoms with E-state index in [9.17, 15) is 0 Å². The molecule has 3 aromatic heterocycles. The highest BCUT2D eigenvalue weighted by atomic mass is 16.4. The maximum atomic E-state index is 5.97. The largest absolute Gasteiger partial charge is 0.416 e. The smallest absolute Gasteiger partial charge is 0.248 e. The van der Waals surface area contributed by atoms with Gasteiger partial charge in [0.15, 0.2) is 0 Å². The van der Waals surface area contributed by atoms with Crippen molar-refractivity contribution < 1.29 is 4.42 Å². The number of fused-ring (bicyclic) bond motifs is 3. The molecule has 5 rings (SSSR count). The molecule has 0 N–H and O–H groups in total. The van der Waals surface area contributed by atoms with Crippen LogP contribution in [0.1, 0.15) is 32.6 Å². The fourth-order valence-electron chi connectivity index (χ4n) is 4.07. The summed E-state index contributed by atoms with van der Waals surface area (Å²) in [4.78, 5) is 4.04. The molecule has 150 valence electrons. The zero-order valence-electron chi connectivity index (χ0n) is 17.1. The van der Waals surface area contributed by atoms with Crippen molar-refractivity contribution in [2.75, 3.05) is 0 Å². The number of aryl methyl sites for hydroxylation is 1. The summed E-state index contributed by atoms with van der Waals surface area (Å²) in [6.45, 7) is 3.26. The van der Waals surface area contributed by atoms with E-state index in [1.54, 1.807) is 12.4 Å². The number of hydrogen-bond acceptors (Lipinski definition) is 4. The van der Waals surface area contributed by atoms with Crippen molar-refractivity contribution in [3.8, 4) is 22.9 Å². The number of para-hydroxylation sites is 1. The quantitative estimate of drug-likeness (QED) is 0.295. The first-order valence-electron chi connectivity index (χ1n) is 10.6. The van der Waals surface area contributed by atoms with Crippen molar-refractivity contribution in [3.05, 3.63) is 67.0 Å². The second kappa shape index (κ2) is 8.11. The number of hydrogen-bond donors (Lipinski definition) is 0. The highest BCUT2D eigenvalue weighted by Crippen LogP contribution is 2.33. The molecule has 0 fully saturated rings. The van der Waals surface area contributed by atoms with Crippen LogP contribution in [0, 0.1) is 0 Å². The fourth-order valence-corrected chi connectivity index (χ4v) is 4.07. The lowest BCUT2D eigenvalue weighted by Crippen LogP contribution is -1.97. The average molecular weight is 396 g/mol. The van der Waals surface area contributed by atoms with Gasteiger partial charge in [0.2, 0.25) is 11.8 Å². The van der Waals surface area contributed by atoms with Crippen molar-refractivity contribution in [1.82, 2.24) is 19.7 Å². The van der Waals surface area contributed by atoms with Gasteiger partial charge in [0.25, 0.3) is 0 Å². The Balaban J connectivity index is 1.56. The van der Waals surface area contributed by atoms with Gasteiger partial charge in [0.1, 0.15) is 0 Å². The van der Waals surface area contributed by atoms with Gasteiger partial charge in [-0.1, -0.05) is 50.5 Å². The molecule has 3 heterocycles. The Hall–Kier alpha value is -3.47. The third kappa shape index (κ3) is 3.36. The van der Waals surface area contributed by atoms with Crippen molar-refractivity contribution in [2.45, 2.75) is 39.2 Å². The lowest BCUT2D eigenvalue weighted by Gasteiger charge is -2.07. The number of nitrogens with zero attached hydrogens (tertiary/aromatic N) is 4. The van der Waals surface area contributed by atoms with Gasteiger partial charge >= 0.3 is 0 Å². The van der Waals surface area contributed by atoms with Gasteiger partial charge in [0, 0.05) is 51.9 Å². The topological polar surface area (TPSA) is 56.7 Å². The van der Waals surface area contributed by atoms with E-state index in [0.717, 1.165) is 17.7 Å². The summed E-state index contributed by atoms with van der Waals surface area (Å²) in [5.41, 5.74) is 4.31. The predicted molar refractivity (Wildman–Crippen MR) is 120 cm³/mol. The monoisotopic (exact) mass is 396 g/mol. The summed E-state index contributed by atoms with van der Waals surface area (Å²) in [6, 6.07) is 18.8. The zero-order chi connectivity index (χ0) is 20.3. The van der Waals surface area contributed by atoms with E-state index in [2.05, 4.69) is 69.1 Å². The van der Waals surface area contributed by atoms with Crippen LogP contribution in [-0.2, 0) is 6.54 Å². The SMILES string of the molecule is CCCCCCn1c2ccccc2c2ccc(-c3nnc(-c4ccncc4)o3)cc21. The van der Waals surface area contributed by atoms with Crippen molar-refractivity contribution in [2.24, 2.45) is 0 Å². The number of rotatable bonds is 7. The van der Waals surface area contributed by atoms with E-state index in [4.69, 9.17) is 4.42 Å². The first kappa shape index (κ1) is 18.6. The van der Waals surface area contributed by atoms with Crippen LogP contribution in [0.5, 0.6) is 0 Å². The maximum absolute atomic E-state index is 5.97. The number of unbranched alkanes of at least 4 members (excludes halogenated alkanes) is 3. The molecule has 0 aliphatic heterocycles. The summed E-state index contributed by atoms with van der Waals surface area (Å²) in [6.07, 6.45) is 8.41. The molecule has 0 unspecified atom stereocenters. The van der Waals surface area contributed by atoms with Gasteiger partial charge in [-0.15, -0.1) is 10.2 Å². The number of aromatic nitrogens is 4. The molecular formula is C25H24N4O. The molecule has 30 heavy (non-hydrogen) atoms. The molecular weight excluding hydrogens is 372 g/mol. The Labute approximate surface area is 175 Å². The molecule has 0 bridgehead atoms. The number of pyridine rings is 1. The Morgan fingerprint density at radius 1 is 0.767 bits per heavy atom. The molecule has 0 saturated heterocycles. The minimum atomic E-state index is 0.507. The predicted octanol–water partition coefficient (Wildman–Crippen LogP) is 6.49. The molecule has 0 saturated carbocycles. The molecule has 5 nitrogen and oxygen atoms in total. The normalized spacial score (nSPS) is 11.5. The number of benzene rings is 2. The van der Waals surface area contributed by atoms with Crippen LogP contribution in [0.4, 0.5) is 0 Å². The maximum Gasteiger partial charge on any atom is 0.248 e. The Bertz CT molecular complexity index is 1290. The van der Waals surface area contributed by atoms with E-state index in [-0.39, 0.29) is 0 Å². The van der Waals surface area contributed by atoms with Crippen LogP contribution < -0.4 is 0 Å². The van der Waals surface area contributed by atoms with Crippen LogP contribution in [-0.4, -0.2) is 19.7 Å². The van der Waals surface area contributed by atoms with Crippen molar-refractivity contribution >= 4 is 21.8 Å². The van der Waals surface area contributed by atoms with Gasteiger partial charge in [-0.2, -0.15) is 0 Å². The molecule has 0 aliphatic carbocycles. The standard InChI is InChI=1S/C25H24N4O/c1-2-3-4-7-16-29-22-9-6-5-8-20(22)21-11-10-19(17-23(21)29)25-28-27-24(30-25)18-12-14-26-15-13-18/h5-6,8-15,17H,2-4,7,16H2,1H3. The molecule has 0 radical (unpaired) electrons. The van der Waals surface area contributed by atoms with Gasteiger partial charge in [0.05, 0.1) is 0 Å². The van der Waals surface area contributed by atoms with Gasteiger partial charge in [-0.25, -0.2) is 0 Å². The first-order valence-corrected chi connectivity index (χ1v) is 10.6. The molecule has 2 aromatic carbocycles. The third-order valence-electron chi connectivity index (χ3n) is 5.61. The molecule has 0 aliphatic rings. The van der Waals surface area contributed by atoms with E-state index in [0.29, 0.717) is 11.8 Å². The molecule has 5 heteroatoms. The molecule has 0 spiro atoms. The molecule has 5 aromatic rings. The minimum Gasteiger partial charge on any atom is -0.416 e. The van der Waals surface area contributed by atoms with E-state index in [1.807, 2.05) is 12.1 Å². The lowest BCUT2D eigenvalue weighted by atomic mass is 10.1. The molecule has 0 amide bonds. The van der Waals surface area contributed by atoms with Crippen LogP contribution in [0.3, 0.4) is 0 Å². The Morgan fingerprint density at radius 3 is 2.37 bits per heavy atom. The van der Waals surface area contributed by atoms with Gasteiger partial charge in [-0.05, 0) is 36.8 Å². The van der Waals surface area contributed by atoms with E-state index < -0.39 is 0 Å². The van der Waals surface area contributed by atoms with Crippen LogP contribution >= 0.6 is 0 Å². The Morgan fingerprint density at radius 2 is 1.53 bits per heavy atom. The highest BCUT2D eigenvalue weighted by Gasteiger charge is 2.15. The van der Waals surface area contributed by atoms with Crippen LogP contribution in [0.15, 0.2) is 71.4 Å². The van der Waals surface area contributed by atoms with E-state index >= 15 is 0 Å². The zero-order valence-corrected chi connectivity index (χ0v) is 17.1. The highest BCUT2D eigenvalue weighted by molar-refractivity contribution is 6.08. The van der Waals surface area contributed by atoms with E-state index in [1.165, 1.54) is 47.5 Å². The second-order valence-electron chi connectivity index (χ2n) is 7.61. The summed E-state index contributed by atoms with van der Waals surface area (Å²) in [5.74, 6) is 1.04. The fraction of sp³-hybridized carbons (Fsp3) is 0.240. The van der Waals surface area contributed by atoms with Gasteiger partial charge in [-0.3, -0.25) is 4.98 Å². The average Bonchev–Trinajstić information content (AvgIpc) is 3.41. The van der Waals surface area contributed by atoms with Crippen molar-refractivity contribution in [1.29, 1.82) is 0 Å².